The Hall–Kier alpha value is -1.53. The van der Waals surface area contributed by atoms with Crippen LogP contribution in [0, 0.1) is 0 Å². The predicted molar refractivity (Wildman–Crippen MR) is 126 cm³/mol. The fourth-order valence-electron chi connectivity index (χ4n) is 4.27. The van der Waals surface area contributed by atoms with Crippen LogP contribution in [0.4, 0.5) is 11.4 Å². The zero-order valence-corrected chi connectivity index (χ0v) is 22.9. The van der Waals surface area contributed by atoms with Crippen LogP contribution in [0.5, 0.6) is 0 Å². The van der Waals surface area contributed by atoms with Crippen LogP contribution in [0.15, 0.2) is 66.9 Å². The Bertz CT molecular complexity index is 1260. The molecule has 34 heavy (non-hydrogen) atoms. The minimum absolute atomic E-state index is 0. The molecule has 1 heterocycles. The molecule has 11 heteroatoms. The summed E-state index contributed by atoms with van der Waals surface area (Å²) in [5.41, 5.74) is 2.93. The number of rotatable bonds is 11. The van der Waals surface area contributed by atoms with Crippen molar-refractivity contribution in [3.63, 3.8) is 0 Å². The average molecular weight is 515 g/mol. The van der Waals surface area contributed by atoms with Crippen LogP contribution in [0.25, 0.3) is 0 Å². The maximum atomic E-state index is 11.2. The van der Waals surface area contributed by atoms with E-state index < -0.39 is 37.2 Å². The van der Waals surface area contributed by atoms with Crippen molar-refractivity contribution in [2.75, 3.05) is 23.4 Å². The van der Waals surface area contributed by atoms with Gasteiger partial charge in [-0.25, -0.2) is 16.8 Å². The first-order valence-corrected chi connectivity index (χ1v) is 13.7. The second-order valence-corrected chi connectivity index (χ2v) is 11.3. The van der Waals surface area contributed by atoms with Gasteiger partial charge in [-0.15, -0.1) is 0 Å². The summed E-state index contributed by atoms with van der Waals surface area (Å²) in [6.45, 7) is 2.29. The van der Waals surface area contributed by atoms with E-state index in [1.807, 2.05) is 72.2 Å². The summed E-state index contributed by atoms with van der Waals surface area (Å²) in [6.07, 6.45) is 4.39. The first kappa shape index (κ1) is 28.7. The summed E-state index contributed by atoms with van der Waals surface area (Å²) in [5.74, 6) is -0.936. The molecule has 1 unspecified atom stereocenters. The number of hydrogen-bond donors (Lipinski definition) is 1. The van der Waals surface area contributed by atoms with Gasteiger partial charge in [-0.3, -0.25) is 0 Å². The molecule has 0 amide bonds. The van der Waals surface area contributed by atoms with Crippen LogP contribution in [-0.4, -0.2) is 54.3 Å². The largest absolute Gasteiger partial charge is 1.00 e. The molecule has 8 nitrogen and oxygen atoms in total. The number of nitrogens with one attached hydrogen (secondary N) is 1. The zero-order chi connectivity index (χ0) is 24.1. The van der Waals surface area contributed by atoms with Gasteiger partial charge in [-0.05, 0) is 31.9 Å². The first-order chi connectivity index (χ1) is 15.5. The van der Waals surface area contributed by atoms with E-state index in [9.17, 15) is 25.9 Å². The first-order valence-electron chi connectivity index (χ1n) is 10.6. The molecular weight excluding hydrogens is 487 g/mol. The van der Waals surface area contributed by atoms with Gasteiger partial charge < -0.3 is 14.4 Å². The molecule has 1 aliphatic rings. The fourth-order valence-corrected chi connectivity index (χ4v) is 5.25. The molecule has 178 valence electrons. The summed E-state index contributed by atoms with van der Waals surface area (Å²) in [7, 11) is -8.68. The standard InChI is InChI=1S/C23H28N2O6S2.Na/c1-23(14-7-17-32(26,27)28)20-11-5-6-12-21(20)25(16-8-18-33(29,30)31)22(23)13-15-24-19-9-3-2-4-10-19;/h2-6,9-13,15H,7-8,14,16-18H2,1H3,(H2,26,27,28,29,30,31);/q;+1/p-1. The van der Waals surface area contributed by atoms with Gasteiger partial charge in [0.05, 0.1) is 25.7 Å². The van der Waals surface area contributed by atoms with E-state index in [1.165, 1.54) is 0 Å². The number of anilines is 1. The van der Waals surface area contributed by atoms with Crippen molar-refractivity contribution in [2.24, 2.45) is 0 Å². The second-order valence-electron chi connectivity index (χ2n) is 8.21. The average Bonchev–Trinajstić information content (AvgIpc) is 2.96. The van der Waals surface area contributed by atoms with E-state index in [-0.39, 0.29) is 42.4 Å². The quantitative estimate of drug-likeness (QED) is 0.253. The molecule has 0 saturated carbocycles. The number of hydrogen-bond acceptors (Lipinski definition) is 7. The summed E-state index contributed by atoms with van der Waals surface area (Å²) < 4.78 is 68.9. The van der Waals surface area contributed by atoms with E-state index in [2.05, 4.69) is 5.32 Å². The number of nitrogens with zero attached hydrogens (tertiary/aromatic N) is 1. The van der Waals surface area contributed by atoms with Crippen LogP contribution in [-0.2, 0) is 25.7 Å². The summed E-state index contributed by atoms with van der Waals surface area (Å²) in [4.78, 5) is 0. The Morgan fingerprint density at radius 3 is 2.15 bits per heavy atom. The van der Waals surface area contributed by atoms with E-state index >= 15 is 0 Å². The second kappa shape index (κ2) is 11.9. The Kier molecular flexibility index (Phi) is 10.1. The molecule has 0 spiro atoms. The third-order valence-corrected chi connectivity index (χ3v) is 7.33. The third-order valence-electron chi connectivity index (χ3n) is 5.76. The van der Waals surface area contributed by atoms with Gasteiger partial charge in [0.15, 0.2) is 5.71 Å². The molecule has 3 rings (SSSR count). The predicted octanol–water partition coefficient (Wildman–Crippen LogP) is -0.0666. The normalized spacial score (nSPS) is 18.1. The van der Waals surface area contributed by atoms with Gasteiger partial charge in [-0.2, -0.15) is 4.58 Å². The Balaban J connectivity index is 0.00000408. The summed E-state index contributed by atoms with van der Waals surface area (Å²) in [6, 6.07) is 17.1. The molecule has 0 aliphatic carbocycles. The molecule has 0 fully saturated rings. The third kappa shape index (κ3) is 7.74. The van der Waals surface area contributed by atoms with Crippen molar-refractivity contribution >= 4 is 37.3 Å². The van der Waals surface area contributed by atoms with Crippen molar-refractivity contribution in [2.45, 2.75) is 31.6 Å². The number of para-hydroxylation sites is 2. The SMILES string of the molecule is CC1(CCCS(=O)(=O)[O-])C(/C=C/Nc2ccccc2)=[N+](CCCS(=O)(=O)[O-])c2ccccc21.[Na+]. The van der Waals surface area contributed by atoms with Crippen molar-refractivity contribution < 1.29 is 60.1 Å². The minimum atomic E-state index is -4.34. The van der Waals surface area contributed by atoms with E-state index in [1.54, 1.807) is 6.20 Å². The summed E-state index contributed by atoms with van der Waals surface area (Å²) in [5, 5.41) is 3.20. The molecule has 2 aromatic carbocycles. The van der Waals surface area contributed by atoms with E-state index in [0.29, 0.717) is 13.0 Å². The van der Waals surface area contributed by atoms with Crippen LogP contribution in [0.1, 0.15) is 31.7 Å². The van der Waals surface area contributed by atoms with Crippen molar-refractivity contribution in [3.05, 3.63) is 72.4 Å². The van der Waals surface area contributed by atoms with Crippen molar-refractivity contribution in [3.8, 4) is 0 Å². The van der Waals surface area contributed by atoms with Crippen LogP contribution in [0.2, 0.25) is 0 Å². The Morgan fingerprint density at radius 2 is 1.50 bits per heavy atom. The maximum Gasteiger partial charge on any atom is 1.00 e. The fraction of sp³-hybridized carbons (Fsp3) is 0.348. The van der Waals surface area contributed by atoms with Crippen LogP contribution < -0.4 is 34.9 Å². The Morgan fingerprint density at radius 1 is 0.912 bits per heavy atom. The molecule has 0 saturated heterocycles. The molecular formula is C23H27N2NaO6S2. The molecule has 0 aromatic heterocycles. The Labute approximate surface area is 223 Å². The van der Waals surface area contributed by atoms with Crippen molar-refractivity contribution in [1.29, 1.82) is 0 Å². The number of allylic oxidation sites excluding steroid dienone is 1. The zero-order valence-electron chi connectivity index (χ0n) is 19.3. The molecule has 1 aliphatic heterocycles. The molecule has 2 aromatic rings. The van der Waals surface area contributed by atoms with Crippen molar-refractivity contribution in [1.82, 2.24) is 0 Å². The monoisotopic (exact) mass is 514 g/mol. The molecule has 0 radical (unpaired) electrons. The van der Waals surface area contributed by atoms with E-state index in [4.69, 9.17) is 0 Å². The maximum absolute atomic E-state index is 11.2. The van der Waals surface area contributed by atoms with Gasteiger partial charge in [-0.1, -0.05) is 36.4 Å². The summed E-state index contributed by atoms with van der Waals surface area (Å²) >= 11 is 0. The molecule has 0 bridgehead atoms. The number of fused-ring (bicyclic) bond motifs is 1. The smallest absolute Gasteiger partial charge is 0.748 e. The molecule has 1 N–H and O–H groups in total. The van der Waals surface area contributed by atoms with Crippen LogP contribution >= 0.6 is 0 Å². The number of benzene rings is 2. The van der Waals surface area contributed by atoms with Gasteiger partial charge in [0, 0.05) is 47.5 Å². The molecule has 1 atom stereocenters. The van der Waals surface area contributed by atoms with Gasteiger partial charge in [0.2, 0.25) is 5.69 Å². The topological polar surface area (TPSA) is 129 Å². The van der Waals surface area contributed by atoms with Crippen LogP contribution in [0.3, 0.4) is 0 Å². The minimum Gasteiger partial charge on any atom is -0.748 e. The van der Waals surface area contributed by atoms with Gasteiger partial charge >= 0.3 is 29.6 Å². The van der Waals surface area contributed by atoms with Gasteiger partial charge in [0.1, 0.15) is 6.54 Å². The van der Waals surface area contributed by atoms with E-state index in [0.717, 1.165) is 22.6 Å². The van der Waals surface area contributed by atoms with Gasteiger partial charge in [0.25, 0.3) is 0 Å².